The highest BCUT2D eigenvalue weighted by Crippen LogP contribution is 2.43. The topological polar surface area (TPSA) is 189 Å². The van der Waals surface area contributed by atoms with E-state index in [0.717, 1.165) is 51.4 Å². The van der Waals surface area contributed by atoms with Crippen LogP contribution in [-0.2, 0) is 32.7 Å². The lowest BCUT2D eigenvalue weighted by Crippen LogP contribution is -2.29. The molecule has 0 saturated heterocycles. The highest BCUT2D eigenvalue weighted by Gasteiger charge is 2.27. The van der Waals surface area contributed by atoms with Gasteiger partial charge < -0.3 is 34.8 Å². The molecule has 13 heteroatoms. The standard InChI is InChI=1S/C50H79O12P/c1-3-5-7-8-9-10-11-12-13-14-15-16-17-18-19-20-24-27-33-39-49(55)59-43-48(44-61-63(57,58)60-42-47(54)41-51)62-50(56)40-34-28-32-38-46(53)37-31-26-23-21-22-25-30-36-45(52)35-29-6-4-2/h6,9-10,12-13,15-16,18-19,22-23,25-26,29-32,36-38,45-48,51-54H,3-5,7-8,11,14,17,20-21,24,27-28,33-35,39-44H2,1-2H3,(H,57,58)/b10-9-,13-12-,16-15-,19-18-,25-22-,26-23-,29-6-,36-30+,37-31+,38-32-/t45-,46-,47-,48+/m0/s1. The van der Waals surface area contributed by atoms with E-state index in [2.05, 4.69) is 60.1 Å². The summed E-state index contributed by atoms with van der Waals surface area (Å²) >= 11 is 0. The molecule has 0 spiro atoms. The van der Waals surface area contributed by atoms with Crippen molar-refractivity contribution < 1.29 is 58.0 Å². The van der Waals surface area contributed by atoms with Gasteiger partial charge in [-0.25, -0.2) is 4.57 Å². The lowest BCUT2D eigenvalue weighted by Gasteiger charge is -2.20. The first-order valence-corrected chi connectivity index (χ1v) is 24.2. The number of allylic oxidation sites excluding steroid dienone is 16. The summed E-state index contributed by atoms with van der Waals surface area (Å²) in [6, 6.07) is 0. The first kappa shape index (κ1) is 59.3. The van der Waals surface area contributed by atoms with Crippen LogP contribution in [0.5, 0.6) is 0 Å². The van der Waals surface area contributed by atoms with E-state index in [1.165, 1.54) is 19.3 Å². The van der Waals surface area contributed by atoms with E-state index < -0.39 is 70.6 Å². The van der Waals surface area contributed by atoms with Crippen molar-refractivity contribution in [1.29, 1.82) is 0 Å². The zero-order chi connectivity index (χ0) is 46.5. The van der Waals surface area contributed by atoms with Crippen LogP contribution in [0.1, 0.15) is 129 Å². The fourth-order valence-electron chi connectivity index (χ4n) is 5.24. The molecular weight excluding hydrogens is 824 g/mol. The predicted molar refractivity (Wildman–Crippen MR) is 254 cm³/mol. The van der Waals surface area contributed by atoms with E-state index in [0.29, 0.717) is 32.1 Å². The second kappa shape index (κ2) is 43.5. The zero-order valence-corrected chi connectivity index (χ0v) is 38.8. The van der Waals surface area contributed by atoms with Crippen LogP contribution in [0.3, 0.4) is 0 Å². The molecule has 0 aliphatic carbocycles. The molecule has 5 atom stereocenters. The van der Waals surface area contributed by atoms with Crippen molar-refractivity contribution in [2.75, 3.05) is 26.4 Å². The number of unbranched alkanes of at least 4 members (excludes halogenated alkanes) is 7. The second-order valence-corrected chi connectivity index (χ2v) is 16.2. The summed E-state index contributed by atoms with van der Waals surface area (Å²) in [6.45, 7) is 1.87. The van der Waals surface area contributed by atoms with Crippen molar-refractivity contribution >= 4 is 19.8 Å². The van der Waals surface area contributed by atoms with Crippen molar-refractivity contribution in [2.45, 2.75) is 154 Å². The average Bonchev–Trinajstić information content (AvgIpc) is 3.26. The van der Waals surface area contributed by atoms with E-state index in [4.69, 9.17) is 19.1 Å². The molecule has 0 amide bonds. The minimum Gasteiger partial charge on any atom is -0.462 e. The number of carbonyl (C=O) groups is 2. The van der Waals surface area contributed by atoms with Gasteiger partial charge in [0.2, 0.25) is 0 Å². The number of ether oxygens (including phenoxy) is 2. The van der Waals surface area contributed by atoms with Gasteiger partial charge in [-0.15, -0.1) is 0 Å². The third-order valence-electron chi connectivity index (χ3n) is 8.77. The van der Waals surface area contributed by atoms with Crippen molar-refractivity contribution in [2.24, 2.45) is 0 Å². The molecule has 63 heavy (non-hydrogen) atoms. The van der Waals surface area contributed by atoms with Gasteiger partial charge in [0, 0.05) is 12.8 Å². The van der Waals surface area contributed by atoms with Crippen molar-refractivity contribution in [3.05, 3.63) is 122 Å². The van der Waals surface area contributed by atoms with Crippen LogP contribution in [-0.4, -0.2) is 88.1 Å². The van der Waals surface area contributed by atoms with Gasteiger partial charge in [-0.1, -0.05) is 155 Å². The molecule has 12 nitrogen and oxygen atoms in total. The van der Waals surface area contributed by atoms with Gasteiger partial charge in [0.25, 0.3) is 0 Å². The van der Waals surface area contributed by atoms with Gasteiger partial charge in [0.1, 0.15) is 12.7 Å². The smallest absolute Gasteiger partial charge is 0.462 e. The van der Waals surface area contributed by atoms with Crippen LogP contribution < -0.4 is 0 Å². The van der Waals surface area contributed by atoms with Gasteiger partial charge in [0.05, 0.1) is 32.0 Å². The quantitative estimate of drug-likeness (QED) is 0.0129. The molecule has 5 N–H and O–H groups in total. The molecule has 0 fully saturated rings. The minimum atomic E-state index is -4.69. The Hall–Kier alpha value is -3.71. The van der Waals surface area contributed by atoms with Gasteiger partial charge in [-0.2, -0.15) is 0 Å². The number of carbonyl (C=O) groups excluding carboxylic acids is 2. The molecule has 0 radical (unpaired) electrons. The molecule has 356 valence electrons. The Labute approximate surface area is 378 Å². The van der Waals surface area contributed by atoms with Crippen LogP contribution in [0.25, 0.3) is 0 Å². The predicted octanol–water partition coefficient (Wildman–Crippen LogP) is 10.3. The van der Waals surface area contributed by atoms with Crippen molar-refractivity contribution in [3.8, 4) is 0 Å². The first-order valence-electron chi connectivity index (χ1n) is 22.7. The van der Waals surface area contributed by atoms with Gasteiger partial charge in [-0.05, 0) is 83.5 Å². The van der Waals surface area contributed by atoms with Crippen LogP contribution in [0.2, 0.25) is 0 Å². The molecule has 0 aromatic rings. The SMILES string of the molecule is CC/C=C\C[C@H](O)/C=C/C=C\C/C=C\C=C\[C@H](O)/C=C\CCCC(=O)O[C@H](COC(=O)CCCCC/C=C\C/C=C\C/C=C\C/C=C\CCCCC)COP(=O)(O)OC[C@@H](O)CO. The van der Waals surface area contributed by atoms with Crippen LogP contribution in [0, 0.1) is 0 Å². The Balaban J connectivity index is 4.61. The monoisotopic (exact) mass is 903 g/mol. The summed E-state index contributed by atoms with van der Waals surface area (Å²) in [5.74, 6) is -1.16. The highest BCUT2D eigenvalue weighted by molar-refractivity contribution is 7.47. The maximum Gasteiger partial charge on any atom is 0.472 e. The molecular formula is C50H79O12P. The number of esters is 2. The Bertz CT molecular complexity index is 1490. The van der Waals surface area contributed by atoms with Crippen molar-refractivity contribution in [1.82, 2.24) is 0 Å². The molecule has 0 aromatic heterocycles. The fraction of sp³-hybridized carbons (Fsp3) is 0.560. The number of aliphatic hydroxyl groups excluding tert-OH is 4. The lowest BCUT2D eigenvalue weighted by molar-refractivity contribution is -0.161. The second-order valence-electron chi connectivity index (χ2n) is 14.7. The number of hydrogen-bond acceptors (Lipinski definition) is 11. The maximum atomic E-state index is 12.6. The number of hydrogen-bond donors (Lipinski definition) is 5. The van der Waals surface area contributed by atoms with Crippen LogP contribution in [0.4, 0.5) is 0 Å². The molecule has 0 aliphatic heterocycles. The minimum absolute atomic E-state index is 0.0174. The number of phosphoric acid groups is 1. The summed E-state index contributed by atoms with van der Waals surface area (Å²) in [5.41, 5.74) is 0. The third kappa shape index (κ3) is 43.3. The maximum absolute atomic E-state index is 12.6. The Morgan fingerprint density at radius 1 is 0.571 bits per heavy atom. The van der Waals surface area contributed by atoms with Crippen molar-refractivity contribution in [3.63, 3.8) is 0 Å². The van der Waals surface area contributed by atoms with Gasteiger partial charge in [-0.3, -0.25) is 18.6 Å². The third-order valence-corrected chi connectivity index (χ3v) is 9.73. The molecule has 0 saturated carbocycles. The molecule has 0 aromatic carbocycles. The molecule has 1 unspecified atom stereocenters. The van der Waals surface area contributed by atoms with E-state index in [1.807, 2.05) is 49.5 Å². The molecule has 0 aliphatic rings. The fourth-order valence-corrected chi connectivity index (χ4v) is 6.03. The summed E-state index contributed by atoms with van der Waals surface area (Å²) in [5, 5.41) is 38.4. The summed E-state index contributed by atoms with van der Waals surface area (Å²) in [6.07, 6.45) is 49.5. The Kier molecular flexibility index (Phi) is 41.0. The average molecular weight is 903 g/mol. The van der Waals surface area contributed by atoms with E-state index >= 15 is 0 Å². The summed E-state index contributed by atoms with van der Waals surface area (Å²) in [7, 11) is -4.69. The highest BCUT2D eigenvalue weighted by atomic mass is 31.2. The number of rotatable bonds is 40. The summed E-state index contributed by atoms with van der Waals surface area (Å²) in [4.78, 5) is 35.0. The van der Waals surface area contributed by atoms with Gasteiger partial charge >= 0.3 is 19.8 Å². The number of phosphoric ester groups is 1. The zero-order valence-electron chi connectivity index (χ0n) is 38.0. The Morgan fingerprint density at radius 3 is 1.78 bits per heavy atom. The van der Waals surface area contributed by atoms with Crippen LogP contribution in [0.15, 0.2) is 122 Å². The van der Waals surface area contributed by atoms with E-state index in [-0.39, 0.29) is 12.8 Å². The lowest BCUT2D eigenvalue weighted by atomic mass is 10.1. The van der Waals surface area contributed by atoms with E-state index in [1.54, 1.807) is 30.4 Å². The first-order chi connectivity index (χ1) is 30.5. The summed E-state index contributed by atoms with van der Waals surface area (Å²) < 4.78 is 32.6. The Morgan fingerprint density at radius 2 is 1.14 bits per heavy atom. The number of aliphatic hydroxyl groups is 4. The molecule has 0 heterocycles. The van der Waals surface area contributed by atoms with E-state index in [9.17, 15) is 34.4 Å². The van der Waals surface area contributed by atoms with Gasteiger partial charge in [0.15, 0.2) is 6.10 Å². The molecule has 0 bridgehead atoms. The van der Waals surface area contributed by atoms with Crippen LogP contribution >= 0.6 is 7.82 Å². The largest absolute Gasteiger partial charge is 0.472 e. The normalized spacial score (nSPS) is 15.9. The molecule has 0 rings (SSSR count).